The summed E-state index contributed by atoms with van der Waals surface area (Å²) in [5.41, 5.74) is 8.14. The SMILES string of the molecule is c1ccc2cc(-c3cccc4c3oc3cccc(-c5nc(-c6ccc7c(ccc8ccccc87)c6)nc(-c6ccc7ccc8oc9ccccc9c8c7c6)n5)c34)ccc2c1. The first kappa shape index (κ1) is 32.9. The van der Waals surface area contributed by atoms with Gasteiger partial charge in [-0.25, -0.2) is 15.0 Å². The van der Waals surface area contributed by atoms with Crippen LogP contribution in [0.2, 0.25) is 0 Å². The largest absolute Gasteiger partial charge is 0.456 e. The molecule has 0 spiro atoms. The van der Waals surface area contributed by atoms with E-state index in [0.717, 1.165) is 87.9 Å². The Morgan fingerprint density at radius 2 is 0.850 bits per heavy atom. The number of furan rings is 2. The normalized spacial score (nSPS) is 12.0. The van der Waals surface area contributed by atoms with Crippen LogP contribution in [0.4, 0.5) is 0 Å². The molecule has 0 atom stereocenters. The topological polar surface area (TPSA) is 65.0 Å². The summed E-state index contributed by atoms with van der Waals surface area (Å²) in [6.45, 7) is 0. The zero-order valence-corrected chi connectivity index (χ0v) is 32.1. The molecule has 3 aromatic heterocycles. The fourth-order valence-corrected chi connectivity index (χ4v) is 9.21. The molecule has 0 saturated carbocycles. The van der Waals surface area contributed by atoms with Gasteiger partial charge in [-0.1, -0.05) is 152 Å². The monoisotopic (exact) mass is 765 g/mol. The summed E-state index contributed by atoms with van der Waals surface area (Å²) < 4.78 is 13.1. The molecule has 0 aliphatic heterocycles. The third kappa shape index (κ3) is 5.03. The Bertz CT molecular complexity index is 3910. The molecular formula is C55H31N3O2. The molecule has 5 nitrogen and oxygen atoms in total. The Hall–Kier alpha value is -8.15. The summed E-state index contributed by atoms with van der Waals surface area (Å²) in [6, 6.07) is 65.7. The summed E-state index contributed by atoms with van der Waals surface area (Å²) in [7, 11) is 0. The fraction of sp³-hybridized carbons (Fsp3) is 0. The van der Waals surface area contributed by atoms with Crippen molar-refractivity contribution in [1.82, 2.24) is 15.0 Å². The van der Waals surface area contributed by atoms with Crippen LogP contribution in [0.15, 0.2) is 197 Å². The van der Waals surface area contributed by atoms with Crippen LogP contribution in [0, 0.1) is 0 Å². The molecule has 0 radical (unpaired) electrons. The summed E-state index contributed by atoms with van der Waals surface area (Å²) in [4.78, 5) is 15.8. The minimum absolute atomic E-state index is 0.574. The second kappa shape index (κ2) is 12.7. The quantitative estimate of drug-likeness (QED) is 0.167. The van der Waals surface area contributed by atoms with E-state index in [1.165, 1.54) is 26.9 Å². The van der Waals surface area contributed by atoms with E-state index in [2.05, 4.69) is 164 Å². The highest BCUT2D eigenvalue weighted by molar-refractivity contribution is 6.19. The van der Waals surface area contributed by atoms with Gasteiger partial charge in [0, 0.05) is 43.8 Å². The maximum Gasteiger partial charge on any atom is 0.164 e. The average Bonchev–Trinajstić information content (AvgIpc) is 3.90. The number of fused-ring (bicyclic) bond motifs is 12. The zero-order chi connectivity index (χ0) is 39.3. The molecule has 0 unspecified atom stereocenters. The molecule has 0 aliphatic carbocycles. The highest BCUT2D eigenvalue weighted by Gasteiger charge is 2.21. The molecule has 0 fully saturated rings. The van der Waals surface area contributed by atoms with Gasteiger partial charge in [0.25, 0.3) is 0 Å². The van der Waals surface area contributed by atoms with E-state index in [-0.39, 0.29) is 0 Å². The van der Waals surface area contributed by atoms with E-state index in [4.69, 9.17) is 23.8 Å². The van der Waals surface area contributed by atoms with Gasteiger partial charge in [0.15, 0.2) is 17.5 Å². The number of rotatable bonds is 4. The van der Waals surface area contributed by atoms with Crippen LogP contribution in [-0.4, -0.2) is 15.0 Å². The Morgan fingerprint density at radius 3 is 1.77 bits per heavy atom. The van der Waals surface area contributed by atoms with Crippen LogP contribution in [0.3, 0.4) is 0 Å². The maximum absolute atomic E-state index is 6.76. The predicted octanol–water partition coefficient (Wildman–Crippen LogP) is 15.0. The Balaban J connectivity index is 1.04. The van der Waals surface area contributed by atoms with E-state index in [1.807, 2.05) is 24.3 Å². The average molecular weight is 766 g/mol. The number of benzene rings is 10. The zero-order valence-electron chi connectivity index (χ0n) is 32.1. The highest BCUT2D eigenvalue weighted by Crippen LogP contribution is 2.42. The second-order valence-corrected chi connectivity index (χ2v) is 15.5. The fourth-order valence-electron chi connectivity index (χ4n) is 9.21. The molecule has 0 aliphatic rings. The van der Waals surface area contributed by atoms with E-state index < -0.39 is 0 Å². The van der Waals surface area contributed by atoms with E-state index >= 15 is 0 Å². The summed E-state index contributed by atoms with van der Waals surface area (Å²) >= 11 is 0. The van der Waals surface area contributed by atoms with Crippen molar-refractivity contribution in [3.8, 4) is 45.3 Å². The first-order valence-electron chi connectivity index (χ1n) is 20.2. The van der Waals surface area contributed by atoms with Crippen molar-refractivity contribution in [2.75, 3.05) is 0 Å². The molecule has 0 bridgehead atoms. The van der Waals surface area contributed by atoms with Gasteiger partial charge in [0.1, 0.15) is 22.3 Å². The minimum Gasteiger partial charge on any atom is -0.456 e. The van der Waals surface area contributed by atoms with Crippen LogP contribution in [0.5, 0.6) is 0 Å². The molecular weight excluding hydrogens is 735 g/mol. The van der Waals surface area contributed by atoms with Crippen molar-refractivity contribution >= 4 is 87.0 Å². The van der Waals surface area contributed by atoms with Crippen LogP contribution < -0.4 is 0 Å². The van der Waals surface area contributed by atoms with E-state index in [1.54, 1.807) is 0 Å². The lowest BCUT2D eigenvalue weighted by Crippen LogP contribution is -2.00. The van der Waals surface area contributed by atoms with Gasteiger partial charge in [-0.15, -0.1) is 0 Å². The lowest BCUT2D eigenvalue weighted by atomic mass is 9.98. The first-order chi connectivity index (χ1) is 29.7. The second-order valence-electron chi connectivity index (χ2n) is 15.5. The Labute approximate surface area is 342 Å². The molecule has 60 heavy (non-hydrogen) atoms. The first-order valence-corrected chi connectivity index (χ1v) is 20.2. The third-order valence-corrected chi connectivity index (χ3v) is 12.1. The number of para-hydroxylation sites is 2. The van der Waals surface area contributed by atoms with Gasteiger partial charge >= 0.3 is 0 Å². The molecule has 10 aromatic carbocycles. The molecule has 0 N–H and O–H groups in total. The van der Waals surface area contributed by atoms with Crippen molar-refractivity contribution in [2.45, 2.75) is 0 Å². The molecule has 0 saturated heterocycles. The molecule has 278 valence electrons. The minimum atomic E-state index is 0.574. The van der Waals surface area contributed by atoms with Gasteiger partial charge in [-0.05, 0) is 85.1 Å². The number of aromatic nitrogens is 3. The lowest BCUT2D eigenvalue weighted by molar-refractivity contribution is 0.669. The number of nitrogens with zero attached hydrogens (tertiary/aromatic N) is 3. The Morgan fingerprint density at radius 1 is 0.283 bits per heavy atom. The van der Waals surface area contributed by atoms with E-state index in [0.29, 0.717) is 17.5 Å². The number of hydrogen-bond donors (Lipinski definition) is 0. The van der Waals surface area contributed by atoms with Crippen LogP contribution in [0.25, 0.3) is 132 Å². The third-order valence-electron chi connectivity index (χ3n) is 12.1. The summed E-state index contributed by atoms with van der Waals surface area (Å²) in [5, 5.41) is 13.5. The van der Waals surface area contributed by atoms with Crippen molar-refractivity contribution < 1.29 is 8.83 Å². The van der Waals surface area contributed by atoms with Crippen LogP contribution >= 0.6 is 0 Å². The lowest BCUT2D eigenvalue weighted by Gasteiger charge is -2.11. The van der Waals surface area contributed by atoms with Gasteiger partial charge < -0.3 is 8.83 Å². The molecule has 0 amide bonds. The standard InChI is InChI=1S/C55H31N3O2/c1-2-11-35-29-37(22-19-32(35)9-1)42-14-7-15-44-51-45(16-8-18-48(51)60-52(42)44)55-57-53(38-25-27-41-36(30-38)23-20-33-10-3-4-12-40(33)41)56-54(58-55)39-24-21-34-26-28-49-50(46(34)31-39)43-13-5-6-17-47(43)59-49/h1-31H. The molecule has 5 heteroatoms. The van der Waals surface area contributed by atoms with Crippen LogP contribution in [0.1, 0.15) is 0 Å². The highest BCUT2D eigenvalue weighted by atomic mass is 16.3. The predicted molar refractivity (Wildman–Crippen MR) is 246 cm³/mol. The van der Waals surface area contributed by atoms with Gasteiger partial charge in [0.05, 0.1) is 0 Å². The molecule has 13 aromatic rings. The maximum atomic E-state index is 6.76. The molecule has 13 rings (SSSR count). The van der Waals surface area contributed by atoms with Gasteiger partial charge in [-0.2, -0.15) is 0 Å². The molecule has 3 heterocycles. The van der Waals surface area contributed by atoms with Crippen molar-refractivity contribution in [2.24, 2.45) is 0 Å². The van der Waals surface area contributed by atoms with Gasteiger partial charge in [0.2, 0.25) is 0 Å². The van der Waals surface area contributed by atoms with E-state index in [9.17, 15) is 0 Å². The Kier molecular flexibility index (Phi) is 6.95. The smallest absolute Gasteiger partial charge is 0.164 e. The van der Waals surface area contributed by atoms with Crippen LogP contribution in [-0.2, 0) is 0 Å². The van der Waals surface area contributed by atoms with Crippen molar-refractivity contribution in [1.29, 1.82) is 0 Å². The van der Waals surface area contributed by atoms with Crippen molar-refractivity contribution in [3.63, 3.8) is 0 Å². The van der Waals surface area contributed by atoms with Crippen molar-refractivity contribution in [3.05, 3.63) is 188 Å². The summed E-state index contributed by atoms with van der Waals surface area (Å²) in [5.74, 6) is 1.76. The number of hydrogen-bond acceptors (Lipinski definition) is 5. The van der Waals surface area contributed by atoms with Gasteiger partial charge in [-0.3, -0.25) is 0 Å². The summed E-state index contributed by atoms with van der Waals surface area (Å²) in [6.07, 6.45) is 0.